The average Bonchev–Trinajstić information content (AvgIpc) is 3.22. The standard InChI is InChI=1S/C16H16ClN5O/c17-12-5-1-2-6-13(12)23-8-11-4-3-7-22(11)16-14-15(19-9-18-14)20-10-21-16/h1-2,5-6,9-11H,3-4,7-8H2,(H,18,19,20,21). The van der Waals surface area contributed by atoms with E-state index < -0.39 is 0 Å². The summed E-state index contributed by atoms with van der Waals surface area (Å²) >= 11 is 6.15. The zero-order valence-electron chi connectivity index (χ0n) is 12.4. The van der Waals surface area contributed by atoms with Crippen molar-refractivity contribution >= 4 is 28.6 Å². The Morgan fingerprint density at radius 2 is 2.17 bits per heavy atom. The molecule has 1 N–H and O–H groups in total. The van der Waals surface area contributed by atoms with Crippen LogP contribution in [0.1, 0.15) is 12.8 Å². The Kier molecular flexibility index (Phi) is 3.75. The summed E-state index contributed by atoms with van der Waals surface area (Å²) in [7, 11) is 0. The molecule has 1 fully saturated rings. The van der Waals surface area contributed by atoms with Gasteiger partial charge in [0.1, 0.15) is 24.2 Å². The number of ether oxygens (including phenoxy) is 1. The summed E-state index contributed by atoms with van der Waals surface area (Å²) in [5.74, 6) is 1.60. The van der Waals surface area contributed by atoms with Crippen LogP contribution >= 0.6 is 11.6 Å². The molecule has 0 radical (unpaired) electrons. The van der Waals surface area contributed by atoms with Gasteiger partial charge in [-0.15, -0.1) is 0 Å². The number of benzene rings is 1. The quantitative estimate of drug-likeness (QED) is 0.796. The number of nitrogens with zero attached hydrogens (tertiary/aromatic N) is 4. The zero-order valence-corrected chi connectivity index (χ0v) is 13.2. The molecular weight excluding hydrogens is 314 g/mol. The minimum atomic E-state index is 0.257. The van der Waals surface area contributed by atoms with Crippen LogP contribution in [0.5, 0.6) is 5.75 Å². The van der Waals surface area contributed by atoms with E-state index in [4.69, 9.17) is 16.3 Å². The van der Waals surface area contributed by atoms with Crippen LogP contribution in [0.2, 0.25) is 5.02 Å². The lowest BCUT2D eigenvalue weighted by molar-refractivity contribution is 0.288. The molecule has 3 aromatic rings. The summed E-state index contributed by atoms with van der Waals surface area (Å²) in [5.41, 5.74) is 1.56. The maximum absolute atomic E-state index is 6.15. The zero-order chi connectivity index (χ0) is 15.6. The van der Waals surface area contributed by atoms with Gasteiger partial charge >= 0.3 is 0 Å². The lowest BCUT2D eigenvalue weighted by Crippen LogP contribution is -2.35. The number of anilines is 1. The van der Waals surface area contributed by atoms with Crippen LogP contribution in [0.15, 0.2) is 36.9 Å². The molecule has 7 heteroatoms. The molecule has 1 aliphatic heterocycles. The number of imidazole rings is 1. The third kappa shape index (κ3) is 2.70. The van der Waals surface area contributed by atoms with Gasteiger partial charge in [-0.3, -0.25) is 0 Å². The van der Waals surface area contributed by atoms with Crippen LogP contribution in [0.4, 0.5) is 5.82 Å². The van der Waals surface area contributed by atoms with Crippen molar-refractivity contribution in [3.8, 4) is 5.75 Å². The molecular formula is C16H16ClN5O. The Morgan fingerprint density at radius 1 is 1.26 bits per heavy atom. The third-order valence-corrected chi connectivity index (χ3v) is 4.43. The van der Waals surface area contributed by atoms with E-state index in [1.807, 2.05) is 24.3 Å². The smallest absolute Gasteiger partial charge is 0.182 e. The molecule has 1 saturated heterocycles. The Bertz CT molecular complexity index is 821. The van der Waals surface area contributed by atoms with Crippen LogP contribution < -0.4 is 9.64 Å². The first kappa shape index (κ1) is 14.3. The van der Waals surface area contributed by atoms with E-state index in [1.165, 1.54) is 0 Å². The van der Waals surface area contributed by atoms with E-state index in [-0.39, 0.29) is 6.04 Å². The van der Waals surface area contributed by atoms with Gasteiger partial charge in [0.2, 0.25) is 0 Å². The molecule has 0 bridgehead atoms. The Labute approximate surface area is 138 Å². The highest BCUT2D eigenvalue weighted by Gasteiger charge is 2.28. The van der Waals surface area contributed by atoms with Gasteiger partial charge in [-0.1, -0.05) is 23.7 Å². The number of nitrogens with one attached hydrogen (secondary N) is 1. The number of fused-ring (bicyclic) bond motifs is 1. The summed E-state index contributed by atoms with van der Waals surface area (Å²) in [4.78, 5) is 18.2. The maximum atomic E-state index is 6.15. The Hall–Kier alpha value is -2.34. The maximum Gasteiger partial charge on any atom is 0.182 e. The minimum Gasteiger partial charge on any atom is -0.490 e. The fourth-order valence-corrected chi connectivity index (χ4v) is 3.20. The lowest BCUT2D eigenvalue weighted by atomic mass is 10.2. The van der Waals surface area contributed by atoms with E-state index in [2.05, 4.69) is 24.8 Å². The summed E-state index contributed by atoms with van der Waals surface area (Å²) in [6, 6.07) is 7.80. The number of halogens is 1. The Balaban J connectivity index is 1.55. The fourth-order valence-electron chi connectivity index (χ4n) is 3.01. The first-order chi connectivity index (χ1) is 11.3. The van der Waals surface area contributed by atoms with Crippen molar-refractivity contribution in [2.24, 2.45) is 0 Å². The molecule has 2 aromatic heterocycles. The summed E-state index contributed by atoms with van der Waals surface area (Å²) in [6.07, 6.45) is 5.37. The fraction of sp³-hybridized carbons (Fsp3) is 0.312. The Morgan fingerprint density at radius 3 is 3.09 bits per heavy atom. The molecule has 1 aromatic carbocycles. The van der Waals surface area contributed by atoms with Gasteiger partial charge < -0.3 is 14.6 Å². The third-order valence-electron chi connectivity index (χ3n) is 4.12. The van der Waals surface area contributed by atoms with Crippen molar-refractivity contribution in [1.82, 2.24) is 19.9 Å². The molecule has 4 rings (SSSR count). The molecule has 3 heterocycles. The van der Waals surface area contributed by atoms with E-state index in [0.29, 0.717) is 17.3 Å². The van der Waals surface area contributed by atoms with Crippen LogP contribution in [-0.4, -0.2) is 39.1 Å². The minimum absolute atomic E-state index is 0.257. The van der Waals surface area contributed by atoms with Crippen molar-refractivity contribution in [3.63, 3.8) is 0 Å². The topological polar surface area (TPSA) is 66.9 Å². The predicted molar refractivity (Wildman–Crippen MR) is 89.0 cm³/mol. The van der Waals surface area contributed by atoms with Gasteiger partial charge in [-0.2, -0.15) is 0 Å². The van der Waals surface area contributed by atoms with Gasteiger partial charge in [-0.05, 0) is 25.0 Å². The number of para-hydroxylation sites is 1. The highest BCUT2D eigenvalue weighted by atomic mass is 35.5. The van der Waals surface area contributed by atoms with Gasteiger partial charge in [-0.25, -0.2) is 15.0 Å². The number of aromatic nitrogens is 4. The average molecular weight is 330 g/mol. The molecule has 1 unspecified atom stereocenters. The van der Waals surface area contributed by atoms with E-state index in [0.717, 1.165) is 36.5 Å². The SMILES string of the molecule is Clc1ccccc1OCC1CCCN1c1ncnc2nc[nH]c12. The second-order valence-electron chi connectivity index (χ2n) is 5.53. The molecule has 6 nitrogen and oxygen atoms in total. The first-order valence-corrected chi connectivity index (χ1v) is 7.99. The van der Waals surface area contributed by atoms with Crippen molar-refractivity contribution < 1.29 is 4.74 Å². The molecule has 0 amide bonds. The van der Waals surface area contributed by atoms with E-state index >= 15 is 0 Å². The monoisotopic (exact) mass is 329 g/mol. The first-order valence-electron chi connectivity index (χ1n) is 7.61. The lowest BCUT2D eigenvalue weighted by Gasteiger charge is -2.26. The normalized spacial score (nSPS) is 17.8. The number of aromatic amines is 1. The highest BCUT2D eigenvalue weighted by molar-refractivity contribution is 6.32. The molecule has 1 atom stereocenters. The molecule has 23 heavy (non-hydrogen) atoms. The van der Waals surface area contributed by atoms with Crippen LogP contribution in [0.25, 0.3) is 11.2 Å². The van der Waals surface area contributed by atoms with Crippen LogP contribution in [0.3, 0.4) is 0 Å². The van der Waals surface area contributed by atoms with Crippen LogP contribution in [0, 0.1) is 0 Å². The van der Waals surface area contributed by atoms with Gasteiger partial charge in [0.15, 0.2) is 11.5 Å². The summed E-state index contributed by atoms with van der Waals surface area (Å²) in [6.45, 7) is 1.52. The van der Waals surface area contributed by atoms with Crippen LogP contribution in [-0.2, 0) is 0 Å². The molecule has 1 aliphatic rings. The van der Waals surface area contributed by atoms with Crippen molar-refractivity contribution in [3.05, 3.63) is 41.9 Å². The highest BCUT2D eigenvalue weighted by Crippen LogP contribution is 2.29. The van der Waals surface area contributed by atoms with Crippen molar-refractivity contribution in [2.45, 2.75) is 18.9 Å². The summed E-state index contributed by atoms with van der Waals surface area (Å²) < 4.78 is 5.92. The number of hydrogen-bond donors (Lipinski definition) is 1. The van der Waals surface area contributed by atoms with Gasteiger partial charge in [0, 0.05) is 6.54 Å². The molecule has 118 valence electrons. The largest absolute Gasteiger partial charge is 0.490 e. The summed E-state index contributed by atoms with van der Waals surface area (Å²) in [5, 5.41) is 0.634. The molecule has 0 spiro atoms. The van der Waals surface area contributed by atoms with Crippen molar-refractivity contribution in [1.29, 1.82) is 0 Å². The van der Waals surface area contributed by atoms with E-state index in [1.54, 1.807) is 12.7 Å². The van der Waals surface area contributed by atoms with E-state index in [9.17, 15) is 0 Å². The second-order valence-corrected chi connectivity index (χ2v) is 5.94. The number of hydrogen-bond acceptors (Lipinski definition) is 5. The predicted octanol–water partition coefficient (Wildman–Crippen LogP) is 3.05. The van der Waals surface area contributed by atoms with Gasteiger partial charge in [0.05, 0.1) is 17.4 Å². The molecule has 0 aliphatic carbocycles. The van der Waals surface area contributed by atoms with Crippen molar-refractivity contribution in [2.75, 3.05) is 18.1 Å². The number of H-pyrrole nitrogens is 1. The second kappa shape index (κ2) is 6.04. The van der Waals surface area contributed by atoms with Gasteiger partial charge in [0.25, 0.3) is 0 Å². The number of rotatable bonds is 4. The molecule has 0 saturated carbocycles.